The second-order valence-corrected chi connectivity index (χ2v) is 5.64. The van der Waals surface area contributed by atoms with E-state index >= 15 is 0 Å². The molecule has 0 spiro atoms. The first kappa shape index (κ1) is 14.3. The van der Waals surface area contributed by atoms with E-state index in [0.29, 0.717) is 0 Å². The van der Waals surface area contributed by atoms with Gasteiger partial charge in [-0.1, -0.05) is 4.70 Å². The summed E-state index contributed by atoms with van der Waals surface area (Å²) in [6.45, 7) is 11.2. The summed E-state index contributed by atoms with van der Waals surface area (Å²) in [5, 5.41) is 0. The molecule has 1 amide bonds. The number of nitrogens with one attached hydrogen (secondary N) is 1. The molecule has 1 unspecified atom stereocenters. The summed E-state index contributed by atoms with van der Waals surface area (Å²) in [4.78, 5) is 15.8. The fourth-order valence-electron chi connectivity index (χ4n) is 1.10. The van der Waals surface area contributed by atoms with Crippen molar-refractivity contribution in [2.75, 3.05) is 0 Å². The summed E-state index contributed by atoms with van der Waals surface area (Å²) < 4.78 is -0.576. The molecule has 0 fully saturated rings. The van der Waals surface area contributed by atoms with Gasteiger partial charge in [-0.25, -0.2) is 0 Å². The fraction of sp³-hybridized carbons (Fsp3) is 0.889. The average Bonchev–Trinajstić information content (AvgIpc) is 1.97. The zero-order valence-electron chi connectivity index (χ0n) is 10.4. The number of hydrogen-bond donors (Lipinski definition) is 3. The molecular weight excluding hydrogens is 196 g/mol. The maximum absolute atomic E-state index is 11.6. The molecule has 15 heavy (non-hydrogen) atoms. The predicted molar refractivity (Wildman–Crippen MR) is 57.8 cm³/mol. The number of carbonyl (C=O) groups excluding carboxylic acids is 1. The minimum absolute atomic E-state index is 0.337. The molecule has 0 saturated carbocycles. The highest BCUT2D eigenvalue weighted by molar-refractivity contribution is 5.58. The molecule has 6 nitrogen and oxygen atoms in total. The molecular formula is C9H23N4O2+. The van der Waals surface area contributed by atoms with Gasteiger partial charge in [0.05, 0.1) is 5.54 Å². The Labute approximate surface area is 91.0 Å². The summed E-state index contributed by atoms with van der Waals surface area (Å²) in [6.07, 6.45) is -0.725. The summed E-state index contributed by atoms with van der Waals surface area (Å²) in [7, 11) is 0. The Morgan fingerprint density at radius 1 is 1.20 bits per heavy atom. The molecule has 0 aromatic carbocycles. The van der Waals surface area contributed by atoms with E-state index in [1.165, 1.54) is 0 Å². The third-order valence-corrected chi connectivity index (χ3v) is 1.96. The van der Waals surface area contributed by atoms with Crippen LogP contribution in [0.5, 0.6) is 0 Å². The number of nitrogens with zero attached hydrogens (tertiary/aromatic N) is 1. The Morgan fingerprint density at radius 2 is 1.60 bits per heavy atom. The third-order valence-electron chi connectivity index (χ3n) is 1.96. The number of amides is 1. The largest absolute Gasteiger partial charge is 0.575 e. The van der Waals surface area contributed by atoms with Crippen molar-refractivity contribution < 1.29 is 14.3 Å². The van der Waals surface area contributed by atoms with Gasteiger partial charge < -0.3 is 4.84 Å². The van der Waals surface area contributed by atoms with Crippen LogP contribution in [0.25, 0.3) is 0 Å². The quantitative estimate of drug-likeness (QED) is 0.262. The van der Waals surface area contributed by atoms with Crippen LogP contribution >= 0.6 is 0 Å². The Bertz CT molecular complexity index is 241. The molecule has 5 N–H and O–H groups in total. The van der Waals surface area contributed by atoms with Gasteiger partial charge in [-0.15, -0.1) is 11.3 Å². The van der Waals surface area contributed by atoms with E-state index in [-0.39, 0.29) is 5.54 Å². The molecule has 0 rings (SSSR count). The van der Waals surface area contributed by atoms with Gasteiger partial charge in [0.2, 0.25) is 0 Å². The number of quaternary nitrogens is 1. The fourth-order valence-corrected chi connectivity index (χ4v) is 1.10. The van der Waals surface area contributed by atoms with Crippen molar-refractivity contribution >= 4 is 6.09 Å². The van der Waals surface area contributed by atoms with Crippen LogP contribution in [0, 0.1) is 0 Å². The van der Waals surface area contributed by atoms with Crippen LogP contribution in [0.15, 0.2) is 0 Å². The molecule has 0 saturated heterocycles. The van der Waals surface area contributed by atoms with Gasteiger partial charge in [0.25, 0.3) is 0 Å². The van der Waals surface area contributed by atoms with Crippen molar-refractivity contribution in [2.24, 2.45) is 11.7 Å². The summed E-state index contributed by atoms with van der Waals surface area (Å²) in [6, 6.07) is 0. The molecule has 0 bridgehead atoms. The van der Waals surface area contributed by atoms with E-state index in [1.807, 2.05) is 41.5 Å². The summed E-state index contributed by atoms with van der Waals surface area (Å²) in [5.74, 6) is 10.9. The Balaban J connectivity index is 5.14. The van der Waals surface area contributed by atoms with Crippen LogP contribution in [0.3, 0.4) is 0 Å². The van der Waals surface area contributed by atoms with Crippen LogP contribution in [0.1, 0.15) is 41.5 Å². The Kier molecular flexibility index (Phi) is 3.87. The van der Waals surface area contributed by atoms with Crippen molar-refractivity contribution in [1.82, 2.24) is 5.43 Å². The van der Waals surface area contributed by atoms with Gasteiger partial charge in [0.15, 0.2) is 0 Å². The maximum Gasteiger partial charge on any atom is 0.575 e. The van der Waals surface area contributed by atoms with Crippen LogP contribution < -0.4 is 17.2 Å². The molecule has 6 heteroatoms. The summed E-state index contributed by atoms with van der Waals surface area (Å²) >= 11 is 0. The molecule has 0 aromatic heterocycles. The molecule has 0 heterocycles. The van der Waals surface area contributed by atoms with E-state index in [4.69, 9.17) is 11.7 Å². The zero-order valence-corrected chi connectivity index (χ0v) is 10.4. The Hall–Kier alpha value is -0.690. The van der Waals surface area contributed by atoms with Gasteiger partial charge in [-0.3, -0.25) is 0 Å². The highest BCUT2D eigenvalue weighted by Crippen LogP contribution is 2.20. The maximum atomic E-state index is 11.6. The van der Waals surface area contributed by atoms with Crippen molar-refractivity contribution in [3.05, 3.63) is 0 Å². The lowest BCUT2D eigenvalue weighted by Gasteiger charge is -2.42. The topological polar surface area (TPSA) is 90.4 Å². The van der Waals surface area contributed by atoms with Gasteiger partial charge in [0, 0.05) is 0 Å². The number of hydrogen-bond acceptors (Lipinski definition) is 5. The molecule has 1 atom stereocenters. The smallest absolute Gasteiger partial charge is 0.324 e. The lowest BCUT2D eigenvalue weighted by atomic mass is 10.1. The van der Waals surface area contributed by atoms with Crippen molar-refractivity contribution in [3.63, 3.8) is 0 Å². The zero-order chi connectivity index (χ0) is 12.5. The minimum atomic E-state index is -0.725. The minimum Gasteiger partial charge on any atom is -0.324 e. The Morgan fingerprint density at radius 3 is 1.80 bits per heavy atom. The van der Waals surface area contributed by atoms with Crippen LogP contribution in [-0.4, -0.2) is 21.9 Å². The third kappa shape index (κ3) is 3.42. The summed E-state index contributed by atoms with van der Waals surface area (Å²) in [5.41, 5.74) is 2.08. The first-order valence-electron chi connectivity index (χ1n) is 4.82. The lowest BCUT2D eigenvalue weighted by molar-refractivity contribution is -0.961. The number of rotatable bonds is 1. The SMILES string of the molecule is CC(C)(C)N[N+](N)(C(=O)ON)C(C)(C)C. The van der Waals surface area contributed by atoms with E-state index in [9.17, 15) is 4.79 Å². The van der Waals surface area contributed by atoms with Crippen LogP contribution in [0.2, 0.25) is 0 Å². The molecule has 0 aromatic rings. The molecule has 0 aliphatic rings. The van der Waals surface area contributed by atoms with E-state index in [1.54, 1.807) is 0 Å². The normalized spacial score (nSPS) is 17.1. The highest BCUT2D eigenvalue weighted by Gasteiger charge is 2.50. The van der Waals surface area contributed by atoms with Gasteiger partial charge in [0.1, 0.15) is 5.54 Å². The van der Waals surface area contributed by atoms with Crippen molar-refractivity contribution in [2.45, 2.75) is 52.6 Å². The highest BCUT2D eigenvalue weighted by atomic mass is 16.7. The number of nitrogens with two attached hydrogens (primary N) is 2. The van der Waals surface area contributed by atoms with Crippen molar-refractivity contribution in [3.8, 4) is 0 Å². The second-order valence-electron chi connectivity index (χ2n) is 5.64. The predicted octanol–water partition coefficient (Wildman–Crippen LogP) is 0.789. The van der Waals surface area contributed by atoms with Gasteiger partial charge >= 0.3 is 6.09 Å². The lowest BCUT2D eigenvalue weighted by Crippen LogP contribution is -2.78. The standard InChI is InChI=1S/C9H23N4O2/c1-8(2,3)12-13(10,7(14)15-11)9(4,5)6/h12H,10-11H2,1-6H3/q+1. The average molecular weight is 219 g/mol. The monoisotopic (exact) mass is 219 g/mol. The second kappa shape index (κ2) is 4.05. The van der Waals surface area contributed by atoms with Gasteiger partial charge in [-0.2, -0.15) is 10.7 Å². The molecule has 90 valence electrons. The first-order valence-corrected chi connectivity index (χ1v) is 4.82. The molecule has 0 aliphatic heterocycles. The van der Waals surface area contributed by atoms with E-state index in [2.05, 4.69) is 10.3 Å². The first-order chi connectivity index (χ1) is 6.44. The van der Waals surface area contributed by atoms with Gasteiger partial charge in [-0.05, 0) is 41.5 Å². The van der Waals surface area contributed by atoms with E-state index in [0.717, 1.165) is 0 Å². The number of carbonyl (C=O) groups is 1. The molecule has 0 radical (unpaired) electrons. The van der Waals surface area contributed by atoms with E-state index < -0.39 is 16.3 Å². The van der Waals surface area contributed by atoms with Crippen molar-refractivity contribution in [1.29, 1.82) is 0 Å². The van der Waals surface area contributed by atoms with Crippen LogP contribution in [-0.2, 0) is 4.84 Å². The van der Waals surface area contributed by atoms with Crippen LogP contribution in [0.4, 0.5) is 4.79 Å². The molecule has 0 aliphatic carbocycles.